The minimum Gasteiger partial charge on any atom is -0.309 e. The number of rotatable bonds is 4. The van der Waals surface area contributed by atoms with Gasteiger partial charge in [-0.15, -0.1) is 0 Å². The number of nitrogens with one attached hydrogen (secondary N) is 1. The first kappa shape index (κ1) is 21.0. The predicted molar refractivity (Wildman–Crippen MR) is 124 cm³/mol. The molecule has 164 valence electrons. The summed E-state index contributed by atoms with van der Waals surface area (Å²) >= 11 is 1.12. The van der Waals surface area contributed by atoms with Crippen molar-refractivity contribution >= 4 is 33.6 Å². The fourth-order valence-corrected chi connectivity index (χ4v) is 4.51. The zero-order chi connectivity index (χ0) is 23.1. The molecule has 0 saturated carbocycles. The highest BCUT2D eigenvalue weighted by Crippen LogP contribution is 2.25. The zero-order valence-corrected chi connectivity index (χ0v) is 18.1. The van der Waals surface area contributed by atoms with Gasteiger partial charge in [0.1, 0.15) is 17.5 Å². The molecule has 0 bridgehead atoms. The van der Waals surface area contributed by atoms with E-state index in [0.717, 1.165) is 34.0 Å². The van der Waals surface area contributed by atoms with Crippen LogP contribution < -0.4 is 11.1 Å². The third-order valence-corrected chi connectivity index (χ3v) is 6.17. The standard InChI is InChI=1S/C24H16F2N4O2S/c1-13-5-4-7-16-21(13)28-20(29-22(16)31)12-33-24-27-18-8-3-2-6-15(18)23(32)30(24)19-10-9-14(25)11-17(19)26/h2-11H,12H2,1H3,(H,28,29,31). The molecule has 6 nitrogen and oxygen atoms in total. The first-order chi connectivity index (χ1) is 15.9. The molecule has 0 saturated heterocycles. The molecule has 0 spiro atoms. The van der Waals surface area contributed by atoms with Crippen LogP contribution in [0.25, 0.3) is 27.5 Å². The summed E-state index contributed by atoms with van der Waals surface area (Å²) < 4.78 is 29.2. The maximum atomic E-state index is 14.6. The second kappa shape index (κ2) is 8.25. The van der Waals surface area contributed by atoms with Gasteiger partial charge < -0.3 is 4.98 Å². The van der Waals surface area contributed by atoms with Gasteiger partial charge in [0.05, 0.1) is 33.2 Å². The number of hydrogen-bond acceptors (Lipinski definition) is 5. The van der Waals surface area contributed by atoms with E-state index in [0.29, 0.717) is 27.6 Å². The Bertz CT molecular complexity index is 1660. The van der Waals surface area contributed by atoms with E-state index in [4.69, 9.17) is 0 Å². The maximum Gasteiger partial charge on any atom is 0.266 e. The molecule has 0 aliphatic carbocycles. The number of aromatic amines is 1. The number of nitrogens with zero attached hydrogens (tertiary/aromatic N) is 3. The molecule has 5 aromatic rings. The highest BCUT2D eigenvalue weighted by atomic mass is 32.2. The fraction of sp³-hybridized carbons (Fsp3) is 0.0833. The Morgan fingerprint density at radius 3 is 2.58 bits per heavy atom. The van der Waals surface area contributed by atoms with Crippen LogP contribution in [-0.4, -0.2) is 19.5 Å². The summed E-state index contributed by atoms with van der Waals surface area (Å²) in [5.74, 6) is -1.07. The number of benzene rings is 3. The number of fused-ring (bicyclic) bond motifs is 2. The molecular weight excluding hydrogens is 446 g/mol. The Hall–Kier alpha value is -3.85. The molecule has 0 atom stereocenters. The number of hydrogen-bond donors (Lipinski definition) is 1. The monoisotopic (exact) mass is 462 g/mol. The SMILES string of the molecule is Cc1cccc2c(=O)[nH]c(CSc3nc4ccccc4c(=O)n3-c3ccc(F)cc3F)nc12. The molecule has 2 heterocycles. The lowest BCUT2D eigenvalue weighted by atomic mass is 10.1. The molecule has 5 rings (SSSR count). The molecule has 9 heteroatoms. The Labute approximate surface area is 190 Å². The molecule has 0 aliphatic heterocycles. The molecule has 0 fully saturated rings. The minimum absolute atomic E-state index is 0.113. The first-order valence-corrected chi connectivity index (χ1v) is 11.0. The molecule has 0 amide bonds. The number of aryl methyl sites for hydroxylation is 1. The highest BCUT2D eigenvalue weighted by molar-refractivity contribution is 7.98. The second-order valence-electron chi connectivity index (χ2n) is 7.42. The van der Waals surface area contributed by atoms with Crippen LogP contribution in [0.3, 0.4) is 0 Å². The van der Waals surface area contributed by atoms with Gasteiger partial charge in [0, 0.05) is 6.07 Å². The first-order valence-electron chi connectivity index (χ1n) is 10.0. The van der Waals surface area contributed by atoms with E-state index in [-0.39, 0.29) is 22.2 Å². The van der Waals surface area contributed by atoms with E-state index >= 15 is 0 Å². The van der Waals surface area contributed by atoms with Crippen molar-refractivity contribution in [3.63, 3.8) is 0 Å². The molecule has 2 aromatic heterocycles. The van der Waals surface area contributed by atoms with E-state index < -0.39 is 17.2 Å². The van der Waals surface area contributed by atoms with E-state index in [9.17, 15) is 18.4 Å². The van der Waals surface area contributed by atoms with Crippen molar-refractivity contribution in [1.29, 1.82) is 0 Å². The van der Waals surface area contributed by atoms with Gasteiger partial charge in [-0.3, -0.25) is 14.2 Å². The Morgan fingerprint density at radius 2 is 1.76 bits per heavy atom. The van der Waals surface area contributed by atoms with Gasteiger partial charge in [-0.1, -0.05) is 36.0 Å². The summed E-state index contributed by atoms with van der Waals surface area (Å²) in [5.41, 5.74) is 1.03. The van der Waals surface area contributed by atoms with Crippen LogP contribution >= 0.6 is 11.8 Å². The fourth-order valence-electron chi connectivity index (χ4n) is 3.64. The van der Waals surface area contributed by atoms with Crippen molar-refractivity contribution < 1.29 is 8.78 Å². The summed E-state index contributed by atoms with van der Waals surface area (Å²) in [7, 11) is 0. The molecule has 33 heavy (non-hydrogen) atoms. The number of para-hydroxylation sites is 2. The summed E-state index contributed by atoms with van der Waals surface area (Å²) in [6, 6.07) is 15.1. The summed E-state index contributed by atoms with van der Waals surface area (Å²) in [5, 5.41) is 0.980. The van der Waals surface area contributed by atoms with E-state index in [1.54, 1.807) is 36.4 Å². The second-order valence-corrected chi connectivity index (χ2v) is 8.36. The lowest BCUT2D eigenvalue weighted by molar-refractivity contribution is 0.572. The number of aromatic nitrogens is 4. The average Bonchev–Trinajstić information content (AvgIpc) is 2.79. The summed E-state index contributed by atoms with van der Waals surface area (Å²) in [6.45, 7) is 1.87. The van der Waals surface area contributed by atoms with E-state index in [2.05, 4.69) is 15.0 Å². The van der Waals surface area contributed by atoms with Crippen molar-refractivity contribution in [2.24, 2.45) is 0 Å². The van der Waals surface area contributed by atoms with E-state index in [1.807, 2.05) is 13.0 Å². The number of halogens is 2. The normalized spacial score (nSPS) is 11.4. The van der Waals surface area contributed by atoms with Crippen molar-refractivity contribution in [2.45, 2.75) is 17.8 Å². The van der Waals surface area contributed by atoms with Gasteiger partial charge >= 0.3 is 0 Å². The molecule has 0 aliphatic rings. The molecule has 0 radical (unpaired) electrons. The predicted octanol–water partition coefficient (Wildman–Crippen LogP) is 4.50. The van der Waals surface area contributed by atoms with E-state index in [1.165, 1.54) is 6.07 Å². The smallest absolute Gasteiger partial charge is 0.266 e. The highest BCUT2D eigenvalue weighted by Gasteiger charge is 2.17. The van der Waals surface area contributed by atoms with Crippen LogP contribution in [-0.2, 0) is 5.75 Å². The molecule has 0 unspecified atom stereocenters. The molecule has 3 aromatic carbocycles. The van der Waals surface area contributed by atoms with Gasteiger partial charge in [-0.05, 0) is 42.8 Å². The van der Waals surface area contributed by atoms with Gasteiger partial charge in [0.15, 0.2) is 5.16 Å². The van der Waals surface area contributed by atoms with Gasteiger partial charge in [0.25, 0.3) is 11.1 Å². The molecule has 1 N–H and O–H groups in total. The lowest BCUT2D eigenvalue weighted by Crippen LogP contribution is -2.23. The van der Waals surface area contributed by atoms with Crippen LogP contribution in [0.4, 0.5) is 8.78 Å². The molecular formula is C24H16F2N4O2S. The summed E-state index contributed by atoms with van der Waals surface area (Å²) in [4.78, 5) is 37.6. The van der Waals surface area contributed by atoms with Crippen LogP contribution in [0.2, 0.25) is 0 Å². The van der Waals surface area contributed by atoms with Crippen molar-refractivity contribution in [3.05, 3.63) is 104 Å². The summed E-state index contributed by atoms with van der Waals surface area (Å²) in [6.07, 6.45) is 0. The third-order valence-electron chi connectivity index (χ3n) is 5.22. The Kier molecular flexibility index (Phi) is 5.26. The van der Waals surface area contributed by atoms with Gasteiger partial charge in [0.2, 0.25) is 0 Å². The topological polar surface area (TPSA) is 80.6 Å². The van der Waals surface area contributed by atoms with Crippen molar-refractivity contribution in [3.8, 4) is 5.69 Å². The van der Waals surface area contributed by atoms with Crippen LogP contribution in [0.5, 0.6) is 0 Å². The Balaban J connectivity index is 1.64. The van der Waals surface area contributed by atoms with Crippen molar-refractivity contribution in [2.75, 3.05) is 0 Å². The average molecular weight is 462 g/mol. The largest absolute Gasteiger partial charge is 0.309 e. The van der Waals surface area contributed by atoms with Crippen molar-refractivity contribution in [1.82, 2.24) is 19.5 Å². The zero-order valence-electron chi connectivity index (χ0n) is 17.3. The third kappa shape index (κ3) is 3.80. The van der Waals surface area contributed by atoms with Crippen LogP contribution in [0.1, 0.15) is 11.4 Å². The van der Waals surface area contributed by atoms with Gasteiger partial charge in [-0.2, -0.15) is 0 Å². The number of H-pyrrole nitrogens is 1. The van der Waals surface area contributed by atoms with Crippen LogP contribution in [0, 0.1) is 18.6 Å². The van der Waals surface area contributed by atoms with Gasteiger partial charge in [-0.25, -0.2) is 18.7 Å². The number of thioether (sulfide) groups is 1. The van der Waals surface area contributed by atoms with Crippen LogP contribution in [0.15, 0.2) is 75.4 Å². The quantitative estimate of drug-likeness (QED) is 0.314. The minimum atomic E-state index is -0.885. The maximum absolute atomic E-state index is 14.6. The Morgan fingerprint density at radius 1 is 0.970 bits per heavy atom. The lowest BCUT2D eigenvalue weighted by Gasteiger charge is -2.14.